The summed E-state index contributed by atoms with van der Waals surface area (Å²) in [6, 6.07) is 3.61. The predicted molar refractivity (Wildman–Crippen MR) is 54.2 cm³/mol. The maximum Gasteiger partial charge on any atom is 0.135 e. The molecule has 0 amide bonds. The third-order valence-corrected chi connectivity index (χ3v) is 2.47. The van der Waals surface area contributed by atoms with Crippen molar-refractivity contribution in [3.05, 3.63) is 26.6 Å². The summed E-state index contributed by atoms with van der Waals surface area (Å²) >= 11 is 6.55. The van der Waals surface area contributed by atoms with E-state index in [4.69, 9.17) is 4.74 Å². The fourth-order valence-corrected chi connectivity index (χ4v) is 2.20. The lowest BCUT2D eigenvalue weighted by Crippen LogP contribution is -1.88. The van der Waals surface area contributed by atoms with E-state index in [2.05, 4.69) is 31.9 Å². The van der Waals surface area contributed by atoms with E-state index in [1.165, 1.54) is 0 Å². The largest absolute Gasteiger partial charge is 0.506 e. The van der Waals surface area contributed by atoms with E-state index in [1.54, 1.807) is 13.2 Å². The van der Waals surface area contributed by atoms with Gasteiger partial charge in [-0.25, -0.2) is 0 Å². The summed E-state index contributed by atoms with van der Waals surface area (Å²) in [6.45, 7) is 0.407. The van der Waals surface area contributed by atoms with Gasteiger partial charge >= 0.3 is 0 Å². The minimum absolute atomic E-state index is 0.236. The van der Waals surface area contributed by atoms with Gasteiger partial charge in [0, 0.05) is 17.1 Å². The Morgan fingerprint density at radius 1 is 1.42 bits per heavy atom. The second-order valence-corrected chi connectivity index (χ2v) is 4.10. The summed E-state index contributed by atoms with van der Waals surface area (Å²) in [4.78, 5) is 0. The van der Waals surface area contributed by atoms with Crippen molar-refractivity contribution in [1.29, 1.82) is 0 Å². The van der Waals surface area contributed by atoms with Gasteiger partial charge in [-0.3, -0.25) is 0 Å². The topological polar surface area (TPSA) is 29.5 Å². The van der Waals surface area contributed by atoms with Gasteiger partial charge in [0.2, 0.25) is 0 Å². The first kappa shape index (κ1) is 10.0. The van der Waals surface area contributed by atoms with Crippen molar-refractivity contribution in [2.75, 3.05) is 7.11 Å². The number of halogens is 2. The van der Waals surface area contributed by atoms with Gasteiger partial charge in [-0.15, -0.1) is 0 Å². The van der Waals surface area contributed by atoms with Gasteiger partial charge in [-0.2, -0.15) is 0 Å². The number of methoxy groups -OCH3 is 1. The Labute approximate surface area is 87.8 Å². The molecule has 0 aliphatic carbocycles. The van der Waals surface area contributed by atoms with E-state index in [1.807, 2.05) is 6.07 Å². The van der Waals surface area contributed by atoms with Crippen molar-refractivity contribution >= 4 is 31.9 Å². The summed E-state index contributed by atoms with van der Waals surface area (Å²) in [7, 11) is 1.59. The molecule has 12 heavy (non-hydrogen) atoms. The molecule has 0 aliphatic heterocycles. The summed E-state index contributed by atoms with van der Waals surface area (Å²) in [5.74, 6) is 0.236. The average Bonchev–Trinajstić information content (AvgIpc) is 2.00. The van der Waals surface area contributed by atoms with Gasteiger partial charge < -0.3 is 9.84 Å². The molecule has 66 valence electrons. The number of phenolic OH excluding ortho intramolecular Hbond substituents is 1. The molecule has 0 aromatic heterocycles. The summed E-state index contributed by atoms with van der Waals surface area (Å²) < 4.78 is 6.50. The van der Waals surface area contributed by atoms with E-state index >= 15 is 0 Å². The maximum absolute atomic E-state index is 9.51. The molecule has 0 radical (unpaired) electrons. The molecule has 1 aromatic carbocycles. The first-order chi connectivity index (χ1) is 5.65. The fourth-order valence-electron chi connectivity index (χ4n) is 0.885. The maximum atomic E-state index is 9.51. The number of benzene rings is 1. The van der Waals surface area contributed by atoms with Crippen LogP contribution in [-0.2, 0) is 11.3 Å². The molecule has 1 aromatic rings. The van der Waals surface area contributed by atoms with E-state index < -0.39 is 0 Å². The van der Waals surface area contributed by atoms with Crippen molar-refractivity contribution in [2.45, 2.75) is 6.61 Å². The molecule has 0 heterocycles. The molecule has 0 atom stereocenters. The minimum Gasteiger partial charge on any atom is -0.506 e. The normalized spacial score (nSPS) is 10.2. The van der Waals surface area contributed by atoms with Crippen molar-refractivity contribution in [3.63, 3.8) is 0 Å². The number of phenols is 1. The van der Waals surface area contributed by atoms with Gasteiger partial charge in [0.15, 0.2) is 0 Å². The van der Waals surface area contributed by atoms with Crippen LogP contribution in [0.2, 0.25) is 0 Å². The second kappa shape index (κ2) is 4.25. The molecule has 2 nitrogen and oxygen atoms in total. The van der Waals surface area contributed by atoms with Crippen LogP contribution in [0.5, 0.6) is 5.75 Å². The SMILES string of the molecule is COCc1cc(Br)cc(Br)c1O. The smallest absolute Gasteiger partial charge is 0.135 e. The highest BCUT2D eigenvalue weighted by molar-refractivity contribution is 9.11. The third kappa shape index (κ3) is 2.21. The number of ether oxygens (including phenoxy) is 1. The highest BCUT2D eigenvalue weighted by atomic mass is 79.9. The minimum atomic E-state index is 0.236. The van der Waals surface area contributed by atoms with Crippen LogP contribution in [0.4, 0.5) is 0 Å². The third-order valence-electron chi connectivity index (χ3n) is 1.41. The number of aromatic hydroxyl groups is 1. The quantitative estimate of drug-likeness (QED) is 0.909. The Morgan fingerprint density at radius 2 is 2.08 bits per heavy atom. The Balaban J connectivity index is 3.09. The molecule has 0 fully saturated rings. The molecule has 0 saturated carbocycles. The lowest BCUT2D eigenvalue weighted by molar-refractivity contribution is 0.182. The zero-order chi connectivity index (χ0) is 9.14. The zero-order valence-electron chi connectivity index (χ0n) is 6.47. The summed E-state index contributed by atoms with van der Waals surface area (Å²) in [5.41, 5.74) is 0.763. The average molecular weight is 296 g/mol. The van der Waals surface area contributed by atoms with E-state index in [0.29, 0.717) is 11.1 Å². The number of hydrogen-bond donors (Lipinski definition) is 1. The molecule has 0 saturated heterocycles. The molecule has 0 spiro atoms. The van der Waals surface area contributed by atoms with E-state index in [9.17, 15) is 5.11 Å². The molecule has 0 aliphatic rings. The lowest BCUT2D eigenvalue weighted by atomic mass is 10.2. The molecular weight excluding hydrogens is 288 g/mol. The molecule has 1 rings (SSSR count). The van der Waals surface area contributed by atoms with Gasteiger partial charge in [0.1, 0.15) is 5.75 Å². The van der Waals surface area contributed by atoms with Crippen molar-refractivity contribution in [1.82, 2.24) is 0 Å². The van der Waals surface area contributed by atoms with Crippen molar-refractivity contribution < 1.29 is 9.84 Å². The van der Waals surface area contributed by atoms with Crippen molar-refractivity contribution in [2.24, 2.45) is 0 Å². The summed E-state index contributed by atoms with van der Waals surface area (Å²) in [6.07, 6.45) is 0. The van der Waals surface area contributed by atoms with E-state index in [0.717, 1.165) is 10.0 Å². The monoisotopic (exact) mass is 294 g/mol. The fraction of sp³-hybridized carbons (Fsp3) is 0.250. The molecule has 1 N–H and O–H groups in total. The highest BCUT2D eigenvalue weighted by Crippen LogP contribution is 2.31. The Morgan fingerprint density at radius 3 is 2.67 bits per heavy atom. The first-order valence-electron chi connectivity index (χ1n) is 3.31. The van der Waals surface area contributed by atoms with Gasteiger partial charge in [-0.05, 0) is 28.1 Å². The number of rotatable bonds is 2. The Kier molecular flexibility index (Phi) is 3.55. The van der Waals surface area contributed by atoms with Crippen LogP contribution in [0, 0.1) is 0 Å². The van der Waals surface area contributed by atoms with Crippen LogP contribution < -0.4 is 0 Å². The van der Waals surface area contributed by atoms with Gasteiger partial charge in [0.25, 0.3) is 0 Å². The predicted octanol–water partition coefficient (Wildman–Crippen LogP) is 3.06. The first-order valence-corrected chi connectivity index (χ1v) is 4.89. The molecule has 0 bridgehead atoms. The molecule has 4 heteroatoms. The van der Waals surface area contributed by atoms with E-state index in [-0.39, 0.29) is 5.75 Å². The standard InChI is InChI=1S/C8H8Br2O2/c1-12-4-5-2-6(9)3-7(10)8(5)11/h2-3,11H,4H2,1H3. The van der Waals surface area contributed by atoms with Gasteiger partial charge in [-0.1, -0.05) is 15.9 Å². The second-order valence-electron chi connectivity index (χ2n) is 2.33. The molecular formula is C8H8Br2O2. The van der Waals surface area contributed by atoms with Gasteiger partial charge in [0.05, 0.1) is 11.1 Å². The Bertz CT molecular complexity index is 287. The number of hydrogen-bond acceptors (Lipinski definition) is 2. The van der Waals surface area contributed by atoms with Crippen LogP contribution in [0.15, 0.2) is 21.1 Å². The zero-order valence-corrected chi connectivity index (χ0v) is 9.65. The highest BCUT2D eigenvalue weighted by Gasteiger charge is 2.06. The van der Waals surface area contributed by atoms with Crippen LogP contribution in [0.25, 0.3) is 0 Å². The van der Waals surface area contributed by atoms with Crippen LogP contribution in [0.3, 0.4) is 0 Å². The Hall–Kier alpha value is -0.0600. The molecule has 0 unspecified atom stereocenters. The van der Waals surface area contributed by atoms with Crippen molar-refractivity contribution in [3.8, 4) is 5.75 Å². The lowest BCUT2D eigenvalue weighted by Gasteiger charge is -2.05. The van der Waals surface area contributed by atoms with Crippen LogP contribution in [0.1, 0.15) is 5.56 Å². The van der Waals surface area contributed by atoms with Crippen LogP contribution >= 0.6 is 31.9 Å². The van der Waals surface area contributed by atoms with Crippen LogP contribution in [-0.4, -0.2) is 12.2 Å². The summed E-state index contributed by atoms with van der Waals surface area (Å²) in [5, 5.41) is 9.51.